The number of ether oxygens (including phenoxy) is 1. The Labute approximate surface area is 135 Å². The van der Waals surface area contributed by atoms with Crippen LogP contribution in [-0.4, -0.2) is 48.0 Å². The first kappa shape index (κ1) is 15.5. The lowest BCUT2D eigenvalue weighted by atomic mass is 10.1. The number of nitrogens with one attached hydrogen (secondary N) is 1. The van der Waals surface area contributed by atoms with E-state index in [-0.39, 0.29) is 18.3 Å². The molecule has 0 aliphatic carbocycles. The first-order chi connectivity index (χ1) is 11.2. The third-order valence-corrected chi connectivity index (χ3v) is 4.15. The van der Waals surface area contributed by atoms with Crippen LogP contribution in [0.3, 0.4) is 0 Å². The second-order valence-corrected chi connectivity index (χ2v) is 5.86. The topological polar surface area (TPSA) is 71.0 Å². The van der Waals surface area contributed by atoms with Gasteiger partial charge in [-0.3, -0.25) is 15.0 Å². The quantitative estimate of drug-likeness (QED) is 0.891. The van der Waals surface area contributed by atoms with Crippen LogP contribution in [0.2, 0.25) is 0 Å². The van der Waals surface area contributed by atoms with Crippen molar-refractivity contribution in [2.75, 3.05) is 19.7 Å². The van der Waals surface area contributed by atoms with Crippen LogP contribution in [-0.2, 0) is 9.59 Å². The van der Waals surface area contributed by atoms with Gasteiger partial charge in [0.2, 0.25) is 11.7 Å². The number of benzene rings is 1. The minimum atomic E-state index is -0.413. The van der Waals surface area contributed by atoms with E-state index in [1.807, 2.05) is 23.1 Å². The average Bonchev–Trinajstić information content (AvgIpc) is 3.11. The molecule has 2 aliphatic heterocycles. The molecule has 2 heterocycles. The molecule has 122 valence electrons. The minimum absolute atomic E-state index is 0.0419. The highest BCUT2D eigenvalue weighted by atomic mass is 16.5. The van der Waals surface area contributed by atoms with Gasteiger partial charge in [-0.05, 0) is 31.4 Å². The first-order valence-corrected chi connectivity index (χ1v) is 8.06. The van der Waals surface area contributed by atoms with Gasteiger partial charge in [-0.1, -0.05) is 18.2 Å². The second-order valence-electron chi connectivity index (χ2n) is 5.86. The molecule has 1 atom stereocenters. The summed E-state index contributed by atoms with van der Waals surface area (Å²) in [5, 5.41) is 4.03. The molecule has 23 heavy (non-hydrogen) atoms. The molecule has 1 N–H and O–H groups in total. The Morgan fingerprint density at radius 1 is 1.17 bits per heavy atom. The van der Waals surface area contributed by atoms with Crippen molar-refractivity contribution >= 4 is 17.4 Å². The van der Waals surface area contributed by atoms with E-state index in [2.05, 4.69) is 10.5 Å². The predicted molar refractivity (Wildman–Crippen MR) is 86.4 cm³/mol. The number of likely N-dealkylation sites (tertiary alicyclic amines) is 1. The Bertz CT molecular complexity index is 594. The molecule has 1 saturated heterocycles. The Hall–Kier alpha value is -2.37. The molecule has 2 aliphatic rings. The molecule has 6 heteroatoms. The summed E-state index contributed by atoms with van der Waals surface area (Å²) in [5.41, 5.74) is 3.19. The number of nitrogens with zero attached hydrogens (tertiary/aromatic N) is 2. The number of hydrazone groups is 1. The molecule has 1 unspecified atom stereocenters. The summed E-state index contributed by atoms with van der Waals surface area (Å²) in [5.74, 6) is 0.504. The molecular formula is C17H21N3O3. The van der Waals surface area contributed by atoms with Crippen LogP contribution >= 0.6 is 0 Å². The van der Waals surface area contributed by atoms with Crippen molar-refractivity contribution in [2.24, 2.45) is 5.10 Å². The monoisotopic (exact) mass is 315 g/mol. The van der Waals surface area contributed by atoms with Crippen LogP contribution in [0.15, 0.2) is 35.4 Å². The number of rotatable bonds is 5. The van der Waals surface area contributed by atoms with Gasteiger partial charge in [-0.2, -0.15) is 5.10 Å². The fourth-order valence-electron chi connectivity index (χ4n) is 2.84. The molecule has 0 spiro atoms. The zero-order valence-corrected chi connectivity index (χ0v) is 13.0. The number of ketones is 1. The first-order valence-electron chi connectivity index (χ1n) is 8.06. The molecular weight excluding hydrogens is 294 g/mol. The summed E-state index contributed by atoms with van der Waals surface area (Å²) in [6.07, 6.45) is 3.62. The van der Waals surface area contributed by atoms with Gasteiger partial charge in [0, 0.05) is 19.5 Å². The standard InChI is InChI=1S/C17H21N3O3/c21-16(12-23-13-7-3-1-4-8-13)14-11-15(19-18-14)17(22)20-9-5-2-6-10-20/h1,3-4,7-8,15,19H,2,5-6,9-12H2. The summed E-state index contributed by atoms with van der Waals surface area (Å²) in [6.45, 7) is 1.55. The number of carbonyl (C=O) groups is 2. The number of para-hydroxylation sites is 1. The molecule has 1 aromatic rings. The van der Waals surface area contributed by atoms with Crippen molar-refractivity contribution in [2.45, 2.75) is 31.7 Å². The summed E-state index contributed by atoms with van der Waals surface area (Å²) in [7, 11) is 0. The lowest BCUT2D eigenvalue weighted by Crippen LogP contribution is -2.45. The second kappa shape index (κ2) is 7.26. The Balaban J connectivity index is 1.48. The van der Waals surface area contributed by atoms with Crippen LogP contribution in [0, 0.1) is 0 Å². The molecule has 0 bridgehead atoms. The minimum Gasteiger partial charge on any atom is -0.485 e. The van der Waals surface area contributed by atoms with Crippen LogP contribution < -0.4 is 10.2 Å². The smallest absolute Gasteiger partial charge is 0.247 e. The molecule has 3 rings (SSSR count). The number of carbonyl (C=O) groups excluding carboxylic acids is 2. The number of amides is 1. The average molecular weight is 315 g/mol. The summed E-state index contributed by atoms with van der Waals surface area (Å²) >= 11 is 0. The van der Waals surface area contributed by atoms with Gasteiger partial charge in [-0.15, -0.1) is 0 Å². The van der Waals surface area contributed by atoms with Crippen molar-refractivity contribution < 1.29 is 14.3 Å². The third-order valence-electron chi connectivity index (χ3n) is 4.15. The Kier molecular flexibility index (Phi) is 4.90. The molecule has 0 radical (unpaired) electrons. The van der Waals surface area contributed by atoms with Gasteiger partial charge in [0.25, 0.3) is 0 Å². The van der Waals surface area contributed by atoms with Crippen molar-refractivity contribution in [3.63, 3.8) is 0 Å². The maximum Gasteiger partial charge on any atom is 0.247 e. The van der Waals surface area contributed by atoms with Crippen molar-refractivity contribution in [3.05, 3.63) is 30.3 Å². The molecule has 1 fully saturated rings. The van der Waals surface area contributed by atoms with Gasteiger partial charge in [0.15, 0.2) is 6.61 Å². The summed E-state index contributed by atoms with van der Waals surface area (Å²) in [6, 6.07) is 8.76. The van der Waals surface area contributed by atoms with E-state index < -0.39 is 6.04 Å². The van der Waals surface area contributed by atoms with Gasteiger partial charge < -0.3 is 9.64 Å². The Morgan fingerprint density at radius 2 is 1.91 bits per heavy atom. The predicted octanol–water partition coefficient (Wildman–Crippen LogP) is 1.36. The fourth-order valence-corrected chi connectivity index (χ4v) is 2.84. The number of hydrogen-bond donors (Lipinski definition) is 1. The van der Waals surface area contributed by atoms with Gasteiger partial charge in [0.1, 0.15) is 17.5 Å². The zero-order valence-electron chi connectivity index (χ0n) is 13.0. The number of Topliss-reactive ketones (excluding diaryl/α,β-unsaturated/α-hetero) is 1. The Morgan fingerprint density at radius 3 is 2.65 bits per heavy atom. The van der Waals surface area contributed by atoms with E-state index in [4.69, 9.17) is 4.74 Å². The normalized spacial score (nSPS) is 20.6. The largest absolute Gasteiger partial charge is 0.485 e. The van der Waals surface area contributed by atoms with E-state index in [9.17, 15) is 9.59 Å². The summed E-state index contributed by atoms with van der Waals surface area (Å²) in [4.78, 5) is 26.4. The molecule has 0 saturated carbocycles. The molecule has 1 amide bonds. The summed E-state index contributed by atoms with van der Waals surface area (Å²) < 4.78 is 5.44. The third kappa shape index (κ3) is 3.88. The molecule has 1 aromatic carbocycles. The molecule has 0 aromatic heterocycles. The highest BCUT2D eigenvalue weighted by molar-refractivity contribution is 6.41. The zero-order chi connectivity index (χ0) is 16.1. The number of hydrogen-bond acceptors (Lipinski definition) is 5. The highest BCUT2D eigenvalue weighted by Gasteiger charge is 2.32. The van der Waals surface area contributed by atoms with Crippen LogP contribution in [0.25, 0.3) is 0 Å². The van der Waals surface area contributed by atoms with Crippen molar-refractivity contribution in [3.8, 4) is 5.75 Å². The van der Waals surface area contributed by atoms with E-state index >= 15 is 0 Å². The van der Waals surface area contributed by atoms with Crippen molar-refractivity contribution in [1.82, 2.24) is 10.3 Å². The van der Waals surface area contributed by atoms with E-state index in [1.54, 1.807) is 12.1 Å². The fraction of sp³-hybridized carbons (Fsp3) is 0.471. The maximum absolute atomic E-state index is 12.4. The van der Waals surface area contributed by atoms with Crippen LogP contribution in [0.1, 0.15) is 25.7 Å². The van der Waals surface area contributed by atoms with E-state index in [0.29, 0.717) is 17.9 Å². The molecule has 6 nitrogen and oxygen atoms in total. The van der Waals surface area contributed by atoms with Gasteiger partial charge in [-0.25, -0.2) is 0 Å². The van der Waals surface area contributed by atoms with E-state index in [1.165, 1.54) is 6.42 Å². The van der Waals surface area contributed by atoms with Crippen LogP contribution in [0.4, 0.5) is 0 Å². The maximum atomic E-state index is 12.4. The SMILES string of the molecule is O=C(COc1ccccc1)C1=NNC(C(=O)N2CCCCC2)C1. The van der Waals surface area contributed by atoms with Crippen LogP contribution in [0.5, 0.6) is 5.75 Å². The van der Waals surface area contributed by atoms with Gasteiger partial charge in [0.05, 0.1) is 0 Å². The van der Waals surface area contributed by atoms with Crippen molar-refractivity contribution in [1.29, 1.82) is 0 Å². The highest BCUT2D eigenvalue weighted by Crippen LogP contribution is 2.14. The van der Waals surface area contributed by atoms with E-state index in [0.717, 1.165) is 25.9 Å². The lowest BCUT2D eigenvalue weighted by Gasteiger charge is -2.28. The number of piperidine rings is 1. The lowest BCUT2D eigenvalue weighted by molar-refractivity contribution is -0.133. The van der Waals surface area contributed by atoms with Gasteiger partial charge >= 0.3 is 0 Å².